The van der Waals surface area contributed by atoms with Crippen molar-refractivity contribution in [3.05, 3.63) is 71.8 Å². The van der Waals surface area contributed by atoms with Crippen LogP contribution in [0.1, 0.15) is 103 Å². The molecule has 0 aromatic heterocycles. The van der Waals surface area contributed by atoms with Gasteiger partial charge < -0.3 is 81.4 Å². The van der Waals surface area contributed by atoms with Gasteiger partial charge in [-0.05, 0) is 108 Å². The standard InChI is InChI=1S/C52H83N13O12/c1-31(2)43(57)50(74)65-44(32(3)66)51(75)64-40(29-34-18-8-5-9-19-34)49(73)61-37(23-24-41(56)67)45(69)58-30-42(68)59-35(20-10-13-25-53)46(70)63-39(28-33-16-6-4-7-17-33)48(72)60-36(21-11-14-26-54)47(71)62-38(52(76)77)22-12-15-27-55/h4-9,16-19,31-32,35-40,43-44,66H,10-15,20-30,53-55,57H2,1-3H3,(H2,56,67)(H,58,69)(H,59,68)(H,60,72)(H,61,73)(H,62,71)(H,63,70)(H,64,75)(H,65,74)(H,76,77)/t32-,35+,36+,37+,38+,39+,40+,43+,44+/m1/s1. The van der Waals surface area contributed by atoms with Crippen molar-refractivity contribution in [1.82, 2.24) is 42.5 Å². The Morgan fingerprint density at radius 2 is 0.870 bits per heavy atom. The molecule has 0 saturated carbocycles. The number of nitrogens with one attached hydrogen (secondary N) is 8. The number of carbonyl (C=O) groups excluding carboxylic acids is 9. The lowest BCUT2D eigenvalue weighted by atomic mass is 10.0. The molecule has 20 N–H and O–H groups in total. The van der Waals surface area contributed by atoms with Gasteiger partial charge in [-0.25, -0.2) is 4.79 Å². The van der Waals surface area contributed by atoms with E-state index in [9.17, 15) is 58.2 Å². The molecule has 0 saturated heterocycles. The van der Waals surface area contributed by atoms with Crippen LogP contribution in [0.2, 0.25) is 0 Å². The summed E-state index contributed by atoms with van der Waals surface area (Å²) in [7, 11) is 0. The van der Waals surface area contributed by atoms with Gasteiger partial charge in [-0.15, -0.1) is 0 Å². The van der Waals surface area contributed by atoms with Crippen LogP contribution in [0, 0.1) is 5.92 Å². The first-order valence-corrected chi connectivity index (χ1v) is 26.1. The molecule has 428 valence electrons. The van der Waals surface area contributed by atoms with Gasteiger partial charge in [-0.3, -0.25) is 43.2 Å². The van der Waals surface area contributed by atoms with Gasteiger partial charge in [0.1, 0.15) is 42.3 Å². The highest BCUT2D eigenvalue weighted by atomic mass is 16.4. The summed E-state index contributed by atoms with van der Waals surface area (Å²) in [4.78, 5) is 134. The van der Waals surface area contributed by atoms with E-state index in [-0.39, 0.29) is 51.0 Å². The summed E-state index contributed by atoms with van der Waals surface area (Å²) in [5, 5.41) is 40.7. The van der Waals surface area contributed by atoms with E-state index in [0.717, 1.165) is 0 Å². The second-order valence-electron chi connectivity index (χ2n) is 19.2. The van der Waals surface area contributed by atoms with Gasteiger partial charge in [0, 0.05) is 19.3 Å². The maximum absolute atomic E-state index is 14.2. The SMILES string of the molecule is CC(C)[C@H](N)C(=O)N[C@H](C(=O)N[C@@H](Cc1ccccc1)C(=O)N[C@@H](CCC(N)=O)C(=O)NCC(=O)N[C@@H](CCCCN)C(=O)N[C@@H](Cc1ccccc1)C(=O)N[C@@H](CCCCN)C(=O)N[C@@H](CCCCN)C(=O)O)[C@@H](C)O. The molecule has 0 unspecified atom stereocenters. The van der Waals surface area contributed by atoms with Crippen LogP contribution in [-0.4, -0.2) is 150 Å². The number of unbranched alkanes of at least 4 members (excludes halogenated alkanes) is 3. The number of hydrogen-bond donors (Lipinski definition) is 15. The Labute approximate surface area is 449 Å². The Kier molecular flexibility index (Phi) is 30.9. The highest BCUT2D eigenvalue weighted by Gasteiger charge is 2.35. The molecule has 25 heteroatoms. The summed E-state index contributed by atoms with van der Waals surface area (Å²) >= 11 is 0. The molecule has 9 amide bonds. The van der Waals surface area contributed by atoms with Gasteiger partial charge in [-0.2, -0.15) is 0 Å². The number of carbonyl (C=O) groups is 10. The van der Waals surface area contributed by atoms with Crippen LogP contribution in [0.4, 0.5) is 0 Å². The van der Waals surface area contributed by atoms with E-state index in [4.69, 9.17) is 28.7 Å². The first kappa shape index (κ1) is 66.1. The molecule has 2 aromatic rings. The fourth-order valence-corrected chi connectivity index (χ4v) is 7.79. The van der Waals surface area contributed by atoms with Crippen LogP contribution in [-0.2, 0) is 60.8 Å². The first-order valence-electron chi connectivity index (χ1n) is 26.1. The van der Waals surface area contributed by atoms with Crippen molar-refractivity contribution in [2.75, 3.05) is 26.2 Å². The van der Waals surface area contributed by atoms with E-state index >= 15 is 0 Å². The number of carboxylic acid groups (broad SMARTS) is 1. The predicted molar refractivity (Wildman–Crippen MR) is 286 cm³/mol. The Morgan fingerprint density at radius 3 is 1.29 bits per heavy atom. The predicted octanol–water partition coefficient (Wildman–Crippen LogP) is -2.92. The molecule has 2 aromatic carbocycles. The number of aliphatic carboxylic acids is 1. The molecule has 0 heterocycles. The third-order valence-corrected chi connectivity index (χ3v) is 12.4. The number of nitrogens with two attached hydrogens (primary N) is 5. The zero-order valence-corrected chi connectivity index (χ0v) is 44.4. The van der Waals surface area contributed by atoms with Crippen molar-refractivity contribution in [1.29, 1.82) is 0 Å². The Hall–Kier alpha value is -7.06. The Bertz CT molecular complexity index is 2210. The van der Waals surface area contributed by atoms with E-state index in [1.807, 2.05) is 0 Å². The number of hydrogen-bond acceptors (Lipinski definition) is 15. The van der Waals surface area contributed by atoms with Crippen molar-refractivity contribution >= 4 is 59.1 Å². The van der Waals surface area contributed by atoms with Crippen LogP contribution in [0.15, 0.2) is 60.7 Å². The van der Waals surface area contributed by atoms with Gasteiger partial charge in [0.15, 0.2) is 0 Å². The monoisotopic (exact) mass is 1080 g/mol. The zero-order valence-electron chi connectivity index (χ0n) is 44.4. The molecule has 0 aliphatic heterocycles. The molecular formula is C52H83N13O12. The summed E-state index contributed by atoms with van der Waals surface area (Å²) in [6, 6.07) is 6.52. The van der Waals surface area contributed by atoms with Crippen LogP contribution in [0.3, 0.4) is 0 Å². The number of amides is 9. The number of aliphatic hydroxyl groups is 1. The summed E-state index contributed by atoms with van der Waals surface area (Å²) in [5.74, 6) is -9.13. The maximum Gasteiger partial charge on any atom is 0.326 e. The lowest BCUT2D eigenvalue weighted by Crippen LogP contribution is -2.61. The Morgan fingerprint density at radius 1 is 0.481 bits per heavy atom. The van der Waals surface area contributed by atoms with Crippen LogP contribution >= 0.6 is 0 Å². The minimum Gasteiger partial charge on any atom is -0.480 e. The summed E-state index contributed by atoms with van der Waals surface area (Å²) in [6.45, 7) is 4.77. The highest BCUT2D eigenvalue weighted by molar-refractivity contribution is 5.97. The average Bonchev–Trinajstić information content (AvgIpc) is 3.39. The number of aliphatic hydroxyl groups excluding tert-OH is 1. The third-order valence-electron chi connectivity index (χ3n) is 12.4. The second-order valence-corrected chi connectivity index (χ2v) is 19.2. The lowest BCUT2D eigenvalue weighted by Gasteiger charge is -2.27. The largest absolute Gasteiger partial charge is 0.480 e. The van der Waals surface area contributed by atoms with Crippen LogP contribution in [0.5, 0.6) is 0 Å². The lowest BCUT2D eigenvalue weighted by molar-refractivity contribution is -0.142. The van der Waals surface area contributed by atoms with Gasteiger partial charge >= 0.3 is 5.97 Å². The molecule has 9 atom stereocenters. The summed E-state index contributed by atoms with van der Waals surface area (Å²) in [6.07, 6.45) is 0.491. The Balaban J connectivity index is 2.37. The summed E-state index contributed by atoms with van der Waals surface area (Å²) < 4.78 is 0. The van der Waals surface area contributed by atoms with E-state index in [1.54, 1.807) is 74.5 Å². The van der Waals surface area contributed by atoms with Gasteiger partial charge in [0.2, 0.25) is 53.2 Å². The summed E-state index contributed by atoms with van der Waals surface area (Å²) in [5.41, 5.74) is 29.6. The molecule has 25 nitrogen and oxygen atoms in total. The van der Waals surface area contributed by atoms with Gasteiger partial charge in [0.25, 0.3) is 0 Å². The van der Waals surface area contributed by atoms with Crippen molar-refractivity contribution in [3.8, 4) is 0 Å². The number of benzene rings is 2. The maximum atomic E-state index is 14.2. The molecule has 0 aliphatic carbocycles. The molecule has 2 rings (SSSR count). The molecule has 0 radical (unpaired) electrons. The normalized spacial score (nSPS) is 14.6. The van der Waals surface area contributed by atoms with Crippen LogP contribution in [0.25, 0.3) is 0 Å². The third kappa shape index (κ3) is 25.6. The second kappa shape index (κ2) is 36.1. The van der Waals surface area contributed by atoms with E-state index < -0.39 is 127 Å². The zero-order chi connectivity index (χ0) is 57.5. The smallest absolute Gasteiger partial charge is 0.326 e. The average molecular weight is 1080 g/mol. The molecule has 77 heavy (non-hydrogen) atoms. The van der Waals surface area contributed by atoms with E-state index in [0.29, 0.717) is 62.7 Å². The number of carboxylic acids is 1. The minimum atomic E-state index is -1.54. The van der Waals surface area contributed by atoms with Crippen molar-refractivity contribution < 1.29 is 58.2 Å². The molecule has 0 aliphatic rings. The highest BCUT2D eigenvalue weighted by Crippen LogP contribution is 2.12. The molecule has 0 bridgehead atoms. The fraction of sp³-hybridized carbons (Fsp3) is 0.577. The molecule has 0 fully saturated rings. The van der Waals surface area contributed by atoms with E-state index in [2.05, 4.69) is 42.5 Å². The van der Waals surface area contributed by atoms with Crippen molar-refractivity contribution in [2.24, 2.45) is 34.6 Å². The van der Waals surface area contributed by atoms with E-state index in [1.165, 1.54) is 6.92 Å². The quantitative estimate of drug-likeness (QED) is 0.0300. The topological polar surface area (TPSA) is 437 Å². The molecule has 0 spiro atoms. The minimum absolute atomic E-state index is 0.0309. The number of primary amides is 1. The van der Waals surface area contributed by atoms with Crippen molar-refractivity contribution in [2.45, 2.75) is 159 Å². The molecular weight excluding hydrogens is 999 g/mol. The number of rotatable bonds is 38. The fourth-order valence-electron chi connectivity index (χ4n) is 7.79. The van der Waals surface area contributed by atoms with Crippen molar-refractivity contribution in [3.63, 3.8) is 0 Å². The van der Waals surface area contributed by atoms with Gasteiger partial charge in [-0.1, -0.05) is 74.5 Å². The van der Waals surface area contributed by atoms with Gasteiger partial charge in [0.05, 0.1) is 18.7 Å². The van der Waals surface area contributed by atoms with Crippen LogP contribution < -0.4 is 71.2 Å². The first-order chi connectivity index (χ1) is 36.6.